The van der Waals surface area contributed by atoms with E-state index in [0.29, 0.717) is 22.8 Å². The van der Waals surface area contributed by atoms with Crippen LogP contribution in [0.1, 0.15) is 48.7 Å². The zero-order valence-corrected chi connectivity index (χ0v) is 19.7. The van der Waals surface area contributed by atoms with Gasteiger partial charge in [-0.05, 0) is 49.6 Å². The Morgan fingerprint density at radius 2 is 1.70 bits per heavy atom. The van der Waals surface area contributed by atoms with Gasteiger partial charge in [0.05, 0.1) is 11.4 Å². The van der Waals surface area contributed by atoms with Crippen LogP contribution in [0.5, 0.6) is 0 Å². The van der Waals surface area contributed by atoms with Gasteiger partial charge in [-0.15, -0.1) is 0 Å². The molecule has 0 atom stereocenters. The molecule has 0 spiro atoms. The van der Waals surface area contributed by atoms with E-state index in [2.05, 4.69) is 29.2 Å². The lowest BCUT2D eigenvalue weighted by Gasteiger charge is -2.10. The van der Waals surface area contributed by atoms with Crippen LogP contribution in [0.2, 0.25) is 0 Å². The molecule has 0 saturated heterocycles. The zero-order chi connectivity index (χ0) is 23.7. The van der Waals surface area contributed by atoms with Gasteiger partial charge < -0.3 is 5.32 Å². The van der Waals surface area contributed by atoms with Gasteiger partial charge in [0.15, 0.2) is 5.65 Å². The molecule has 170 valence electrons. The van der Waals surface area contributed by atoms with Crippen molar-refractivity contribution in [2.24, 2.45) is 7.05 Å². The van der Waals surface area contributed by atoms with Gasteiger partial charge in [0.25, 0.3) is 5.56 Å². The zero-order valence-electron chi connectivity index (χ0n) is 19.7. The summed E-state index contributed by atoms with van der Waals surface area (Å²) in [6.45, 7) is 8.16. The molecule has 1 amide bonds. The smallest absolute Gasteiger partial charge is 0.273 e. The molecule has 0 unspecified atom stereocenters. The molecular weight excluding hydrogens is 414 g/mol. The lowest BCUT2D eigenvalue weighted by atomic mass is 10.0. The summed E-state index contributed by atoms with van der Waals surface area (Å²) in [5.41, 5.74) is 6.16. The molecule has 2 aromatic heterocycles. The second kappa shape index (κ2) is 9.02. The predicted molar refractivity (Wildman–Crippen MR) is 131 cm³/mol. The van der Waals surface area contributed by atoms with Gasteiger partial charge in [0, 0.05) is 25.6 Å². The number of hydrogen-bond acceptors (Lipinski definition) is 4. The van der Waals surface area contributed by atoms with Gasteiger partial charge in [0.2, 0.25) is 5.91 Å². The number of fused-ring (bicyclic) bond motifs is 1. The molecule has 0 radical (unpaired) electrons. The highest BCUT2D eigenvalue weighted by Crippen LogP contribution is 2.20. The Labute approximate surface area is 193 Å². The molecule has 0 aliphatic rings. The molecule has 0 fully saturated rings. The van der Waals surface area contributed by atoms with Gasteiger partial charge in [0.1, 0.15) is 11.2 Å². The van der Waals surface area contributed by atoms with E-state index in [0.717, 1.165) is 22.6 Å². The first-order chi connectivity index (χ1) is 15.7. The number of amides is 1. The number of benzene rings is 2. The first kappa shape index (κ1) is 22.5. The maximum absolute atomic E-state index is 13.0. The van der Waals surface area contributed by atoms with E-state index in [9.17, 15) is 9.59 Å². The number of aromatic nitrogens is 4. The summed E-state index contributed by atoms with van der Waals surface area (Å²) in [4.78, 5) is 30.1. The Morgan fingerprint density at radius 3 is 2.33 bits per heavy atom. The maximum Gasteiger partial charge on any atom is 0.273 e. The van der Waals surface area contributed by atoms with Crippen molar-refractivity contribution in [2.75, 3.05) is 5.32 Å². The van der Waals surface area contributed by atoms with Crippen LogP contribution >= 0.6 is 0 Å². The molecule has 0 aliphatic carbocycles. The SMILES string of the molecule is Cc1ccc(-n2nc(C)c3nc(CCC(=O)Nc4ccc(C(C)C)cc4)c(=O)n(C)c32)cc1. The summed E-state index contributed by atoms with van der Waals surface area (Å²) >= 11 is 0. The van der Waals surface area contributed by atoms with Crippen molar-refractivity contribution in [1.29, 1.82) is 0 Å². The number of carbonyl (C=O) groups is 1. The predicted octanol–water partition coefficient (Wildman–Crippen LogP) is 4.43. The largest absolute Gasteiger partial charge is 0.326 e. The van der Waals surface area contributed by atoms with E-state index < -0.39 is 0 Å². The minimum absolute atomic E-state index is 0.150. The molecule has 4 rings (SSSR count). The van der Waals surface area contributed by atoms with Crippen molar-refractivity contribution in [3.63, 3.8) is 0 Å². The van der Waals surface area contributed by atoms with Crippen molar-refractivity contribution in [2.45, 2.75) is 46.5 Å². The molecule has 0 bridgehead atoms. The molecule has 33 heavy (non-hydrogen) atoms. The average Bonchev–Trinajstić information content (AvgIpc) is 3.12. The summed E-state index contributed by atoms with van der Waals surface area (Å²) in [5, 5.41) is 7.52. The lowest BCUT2D eigenvalue weighted by Crippen LogP contribution is -2.25. The highest BCUT2D eigenvalue weighted by Gasteiger charge is 2.18. The van der Waals surface area contributed by atoms with Crippen molar-refractivity contribution in [3.8, 4) is 5.69 Å². The minimum atomic E-state index is -0.218. The number of anilines is 1. The van der Waals surface area contributed by atoms with Crippen LogP contribution in [0.25, 0.3) is 16.9 Å². The number of carbonyl (C=O) groups excluding carboxylic acids is 1. The fourth-order valence-corrected chi connectivity index (χ4v) is 3.85. The highest BCUT2D eigenvalue weighted by molar-refractivity contribution is 5.90. The Hall–Kier alpha value is -3.74. The monoisotopic (exact) mass is 443 g/mol. The third-order valence-corrected chi connectivity index (χ3v) is 5.85. The van der Waals surface area contributed by atoms with Gasteiger partial charge in [-0.25, -0.2) is 9.67 Å². The molecule has 4 aromatic rings. The van der Waals surface area contributed by atoms with E-state index in [4.69, 9.17) is 0 Å². The van der Waals surface area contributed by atoms with Crippen molar-refractivity contribution in [3.05, 3.63) is 81.4 Å². The quantitative estimate of drug-likeness (QED) is 0.478. The van der Waals surface area contributed by atoms with Gasteiger partial charge in [-0.1, -0.05) is 43.7 Å². The van der Waals surface area contributed by atoms with Crippen LogP contribution in [-0.4, -0.2) is 25.2 Å². The topological polar surface area (TPSA) is 81.8 Å². The van der Waals surface area contributed by atoms with E-state index in [-0.39, 0.29) is 24.3 Å². The maximum atomic E-state index is 13.0. The Morgan fingerprint density at radius 1 is 1.03 bits per heavy atom. The van der Waals surface area contributed by atoms with E-state index in [1.54, 1.807) is 16.3 Å². The van der Waals surface area contributed by atoms with Crippen LogP contribution in [0.3, 0.4) is 0 Å². The van der Waals surface area contributed by atoms with E-state index in [1.165, 1.54) is 5.56 Å². The number of nitrogens with one attached hydrogen (secondary N) is 1. The van der Waals surface area contributed by atoms with Crippen LogP contribution in [0.15, 0.2) is 53.3 Å². The van der Waals surface area contributed by atoms with Crippen LogP contribution in [0.4, 0.5) is 5.69 Å². The highest BCUT2D eigenvalue weighted by atomic mass is 16.1. The van der Waals surface area contributed by atoms with Crippen molar-refractivity contribution < 1.29 is 4.79 Å². The first-order valence-electron chi connectivity index (χ1n) is 11.2. The van der Waals surface area contributed by atoms with Crippen LogP contribution in [0, 0.1) is 13.8 Å². The molecule has 7 nitrogen and oxygen atoms in total. The number of aryl methyl sites for hydroxylation is 4. The summed E-state index contributed by atoms with van der Waals surface area (Å²) in [5.74, 6) is 0.286. The molecule has 2 aromatic carbocycles. The fourth-order valence-electron chi connectivity index (χ4n) is 3.85. The Balaban J connectivity index is 1.55. The lowest BCUT2D eigenvalue weighted by molar-refractivity contribution is -0.116. The molecule has 7 heteroatoms. The second-order valence-corrected chi connectivity index (χ2v) is 8.75. The molecule has 0 aliphatic heterocycles. The van der Waals surface area contributed by atoms with Gasteiger partial charge in [-0.3, -0.25) is 14.2 Å². The molecule has 2 heterocycles. The number of hydrogen-bond donors (Lipinski definition) is 1. The minimum Gasteiger partial charge on any atom is -0.326 e. The fraction of sp³-hybridized carbons (Fsp3) is 0.308. The third-order valence-electron chi connectivity index (χ3n) is 5.85. The summed E-state index contributed by atoms with van der Waals surface area (Å²) in [6.07, 6.45) is 0.429. The van der Waals surface area contributed by atoms with E-state index >= 15 is 0 Å². The molecular formula is C26H29N5O2. The normalized spacial score (nSPS) is 11.3. The number of rotatable bonds is 6. The summed E-state index contributed by atoms with van der Waals surface area (Å²) in [7, 11) is 1.72. The van der Waals surface area contributed by atoms with Crippen molar-refractivity contribution >= 4 is 22.8 Å². The molecule has 0 saturated carbocycles. The Kier molecular flexibility index (Phi) is 6.14. The third kappa shape index (κ3) is 4.58. The summed E-state index contributed by atoms with van der Waals surface area (Å²) in [6, 6.07) is 15.8. The second-order valence-electron chi connectivity index (χ2n) is 8.75. The first-order valence-corrected chi connectivity index (χ1v) is 11.2. The molecule has 1 N–H and O–H groups in total. The van der Waals surface area contributed by atoms with Crippen LogP contribution in [-0.2, 0) is 18.3 Å². The Bertz CT molecular complexity index is 1360. The average molecular weight is 444 g/mol. The summed E-state index contributed by atoms with van der Waals surface area (Å²) < 4.78 is 3.32. The standard InChI is InChI=1S/C26H29N5O2/c1-16(2)19-8-10-20(11-9-19)27-23(32)15-14-22-26(33)30(5)25-24(28-22)18(4)29-31(25)21-12-6-17(3)7-13-21/h6-13,16H,14-15H2,1-5H3,(H,27,32). The van der Waals surface area contributed by atoms with Crippen LogP contribution < -0.4 is 10.9 Å². The van der Waals surface area contributed by atoms with Gasteiger partial charge in [-0.2, -0.15) is 5.10 Å². The van der Waals surface area contributed by atoms with E-state index in [1.807, 2.05) is 62.4 Å². The number of nitrogens with zero attached hydrogens (tertiary/aromatic N) is 4. The van der Waals surface area contributed by atoms with Crippen molar-refractivity contribution in [1.82, 2.24) is 19.3 Å². The van der Waals surface area contributed by atoms with Gasteiger partial charge >= 0.3 is 0 Å².